The van der Waals surface area contributed by atoms with Crippen LogP contribution >= 0.6 is 0 Å². The second kappa shape index (κ2) is 6.67. The van der Waals surface area contributed by atoms with E-state index < -0.39 is 0 Å². The van der Waals surface area contributed by atoms with Crippen molar-refractivity contribution in [1.82, 2.24) is 4.90 Å². The number of para-hydroxylation sites is 2. The van der Waals surface area contributed by atoms with Gasteiger partial charge in [-0.25, -0.2) is 0 Å². The summed E-state index contributed by atoms with van der Waals surface area (Å²) in [6, 6.07) is 9.04. The minimum absolute atomic E-state index is 0.711. The summed E-state index contributed by atoms with van der Waals surface area (Å²) in [7, 11) is 1.75. The molecule has 0 amide bonds. The highest BCUT2D eigenvalue weighted by Crippen LogP contribution is 2.32. The first-order valence-electron chi connectivity index (χ1n) is 8.15. The Morgan fingerprint density at radius 1 is 1.14 bits per heavy atom. The molecule has 4 nitrogen and oxygen atoms in total. The fourth-order valence-electron chi connectivity index (χ4n) is 3.96. The smallest absolute Gasteiger partial charge is 0.142 e. The summed E-state index contributed by atoms with van der Waals surface area (Å²) in [6.45, 7) is 5.28. The Labute approximate surface area is 127 Å². The first-order chi connectivity index (χ1) is 10.3. The van der Waals surface area contributed by atoms with Gasteiger partial charge in [0.05, 0.1) is 12.8 Å². The molecule has 116 valence electrons. The third-order valence-electron chi connectivity index (χ3n) is 5.13. The summed E-state index contributed by atoms with van der Waals surface area (Å²) >= 11 is 0. The van der Waals surface area contributed by atoms with E-state index in [1.54, 1.807) is 7.11 Å². The van der Waals surface area contributed by atoms with Crippen LogP contribution in [0.25, 0.3) is 0 Å². The largest absolute Gasteiger partial charge is 0.495 e. The lowest BCUT2D eigenvalue weighted by Crippen LogP contribution is -2.52. The van der Waals surface area contributed by atoms with Crippen molar-refractivity contribution in [2.45, 2.75) is 25.3 Å². The van der Waals surface area contributed by atoms with E-state index in [-0.39, 0.29) is 0 Å². The number of methoxy groups -OCH3 is 1. The van der Waals surface area contributed by atoms with Crippen LogP contribution in [0.2, 0.25) is 0 Å². The highest BCUT2D eigenvalue weighted by molar-refractivity contribution is 5.58. The van der Waals surface area contributed by atoms with E-state index in [1.165, 1.54) is 24.9 Å². The molecule has 2 fully saturated rings. The van der Waals surface area contributed by atoms with Crippen molar-refractivity contribution in [2.75, 3.05) is 44.7 Å². The molecule has 3 rings (SSSR count). The van der Waals surface area contributed by atoms with Gasteiger partial charge in [-0.2, -0.15) is 0 Å². The molecule has 1 aliphatic carbocycles. The quantitative estimate of drug-likeness (QED) is 0.920. The molecule has 0 aromatic heterocycles. The molecule has 1 aromatic carbocycles. The third kappa shape index (κ3) is 3.01. The van der Waals surface area contributed by atoms with Crippen LogP contribution in [-0.4, -0.2) is 50.8 Å². The predicted molar refractivity (Wildman–Crippen MR) is 87.0 cm³/mol. The minimum atomic E-state index is 0.711. The lowest BCUT2D eigenvalue weighted by molar-refractivity contribution is 0.153. The zero-order valence-electron chi connectivity index (χ0n) is 13.0. The van der Waals surface area contributed by atoms with Crippen molar-refractivity contribution >= 4 is 5.69 Å². The van der Waals surface area contributed by atoms with Gasteiger partial charge in [-0.05, 0) is 37.4 Å². The number of nitrogens with zero attached hydrogens (tertiary/aromatic N) is 2. The standard InChI is InChI=1S/C17H27N3O/c1-21-17-8-3-2-6-16(17)20-11-9-19(10-12-20)15-7-4-5-14(15)13-18/h2-3,6,8,14-15H,4-5,7,9-13,18H2,1H3. The molecule has 21 heavy (non-hydrogen) atoms. The number of ether oxygens (including phenoxy) is 1. The van der Waals surface area contributed by atoms with Gasteiger partial charge < -0.3 is 15.4 Å². The Hall–Kier alpha value is -1.26. The van der Waals surface area contributed by atoms with Crippen molar-refractivity contribution in [1.29, 1.82) is 0 Å². The first-order valence-corrected chi connectivity index (χ1v) is 8.15. The maximum absolute atomic E-state index is 5.93. The topological polar surface area (TPSA) is 41.7 Å². The Kier molecular flexibility index (Phi) is 4.66. The fraction of sp³-hybridized carbons (Fsp3) is 0.647. The number of nitrogens with two attached hydrogens (primary N) is 1. The molecule has 0 bridgehead atoms. The number of benzene rings is 1. The van der Waals surface area contributed by atoms with E-state index in [4.69, 9.17) is 10.5 Å². The van der Waals surface area contributed by atoms with Crippen LogP contribution in [0.5, 0.6) is 5.75 Å². The van der Waals surface area contributed by atoms with E-state index in [0.717, 1.165) is 44.5 Å². The monoisotopic (exact) mass is 289 g/mol. The number of anilines is 1. The van der Waals surface area contributed by atoms with Crippen molar-refractivity contribution < 1.29 is 4.74 Å². The van der Waals surface area contributed by atoms with Crippen LogP contribution in [-0.2, 0) is 0 Å². The molecule has 1 saturated carbocycles. The average molecular weight is 289 g/mol. The summed E-state index contributed by atoms with van der Waals surface area (Å²) in [5.74, 6) is 1.69. The van der Waals surface area contributed by atoms with Gasteiger partial charge in [0.1, 0.15) is 5.75 Å². The Morgan fingerprint density at radius 3 is 2.62 bits per heavy atom. The van der Waals surface area contributed by atoms with Crippen molar-refractivity contribution in [3.05, 3.63) is 24.3 Å². The van der Waals surface area contributed by atoms with Gasteiger partial charge >= 0.3 is 0 Å². The van der Waals surface area contributed by atoms with Gasteiger partial charge in [0.2, 0.25) is 0 Å². The zero-order chi connectivity index (χ0) is 14.7. The Balaban J connectivity index is 1.62. The molecule has 0 radical (unpaired) electrons. The van der Waals surface area contributed by atoms with Gasteiger partial charge in [-0.3, -0.25) is 4.90 Å². The molecule has 2 aliphatic rings. The third-order valence-corrected chi connectivity index (χ3v) is 5.13. The molecule has 1 saturated heterocycles. The maximum atomic E-state index is 5.93. The molecular formula is C17H27N3O. The second-order valence-corrected chi connectivity index (χ2v) is 6.19. The minimum Gasteiger partial charge on any atom is -0.495 e. The summed E-state index contributed by atoms with van der Waals surface area (Å²) in [5.41, 5.74) is 7.16. The summed E-state index contributed by atoms with van der Waals surface area (Å²) in [4.78, 5) is 5.11. The molecule has 1 aromatic rings. The van der Waals surface area contributed by atoms with Gasteiger partial charge in [0.25, 0.3) is 0 Å². The van der Waals surface area contributed by atoms with Gasteiger partial charge in [-0.15, -0.1) is 0 Å². The number of hydrogen-bond donors (Lipinski definition) is 1. The van der Waals surface area contributed by atoms with Crippen molar-refractivity contribution in [2.24, 2.45) is 11.7 Å². The summed E-state index contributed by atoms with van der Waals surface area (Å²) < 4.78 is 5.49. The fourth-order valence-corrected chi connectivity index (χ4v) is 3.96. The average Bonchev–Trinajstić information content (AvgIpc) is 3.03. The van der Waals surface area contributed by atoms with Gasteiger partial charge in [-0.1, -0.05) is 18.6 Å². The number of hydrogen-bond acceptors (Lipinski definition) is 4. The molecule has 4 heteroatoms. The van der Waals surface area contributed by atoms with Crippen LogP contribution < -0.4 is 15.4 Å². The maximum Gasteiger partial charge on any atom is 0.142 e. The molecule has 2 unspecified atom stereocenters. The van der Waals surface area contributed by atoms with Crippen LogP contribution in [0.3, 0.4) is 0 Å². The summed E-state index contributed by atoms with van der Waals surface area (Å²) in [5, 5.41) is 0. The Morgan fingerprint density at radius 2 is 1.90 bits per heavy atom. The molecule has 2 atom stereocenters. The van der Waals surface area contributed by atoms with E-state index in [0.29, 0.717) is 5.92 Å². The van der Waals surface area contributed by atoms with Crippen LogP contribution in [0.1, 0.15) is 19.3 Å². The van der Waals surface area contributed by atoms with E-state index in [9.17, 15) is 0 Å². The molecular weight excluding hydrogens is 262 g/mol. The van der Waals surface area contributed by atoms with Crippen LogP contribution in [0.4, 0.5) is 5.69 Å². The summed E-state index contributed by atoms with van der Waals surface area (Å²) in [6.07, 6.45) is 3.99. The lowest BCUT2D eigenvalue weighted by Gasteiger charge is -2.41. The van der Waals surface area contributed by atoms with Gasteiger partial charge in [0.15, 0.2) is 0 Å². The van der Waals surface area contributed by atoms with Crippen LogP contribution in [0, 0.1) is 5.92 Å². The van der Waals surface area contributed by atoms with Gasteiger partial charge in [0, 0.05) is 32.2 Å². The van der Waals surface area contributed by atoms with E-state index in [1.807, 2.05) is 12.1 Å². The lowest BCUT2D eigenvalue weighted by atomic mass is 10.0. The molecule has 1 heterocycles. The SMILES string of the molecule is COc1ccccc1N1CCN(C2CCCC2CN)CC1. The van der Waals surface area contributed by atoms with Crippen molar-refractivity contribution in [3.8, 4) is 5.75 Å². The van der Waals surface area contributed by atoms with Crippen molar-refractivity contribution in [3.63, 3.8) is 0 Å². The number of piperazine rings is 1. The van der Waals surface area contributed by atoms with Crippen LogP contribution in [0.15, 0.2) is 24.3 Å². The second-order valence-electron chi connectivity index (χ2n) is 6.19. The molecule has 0 spiro atoms. The van der Waals surface area contributed by atoms with E-state index in [2.05, 4.69) is 21.9 Å². The predicted octanol–water partition coefficient (Wildman–Crippen LogP) is 1.94. The zero-order valence-corrected chi connectivity index (χ0v) is 13.0. The highest BCUT2D eigenvalue weighted by atomic mass is 16.5. The van der Waals surface area contributed by atoms with E-state index >= 15 is 0 Å². The number of rotatable bonds is 4. The molecule has 2 N–H and O–H groups in total. The Bertz CT molecular complexity index is 457. The highest BCUT2D eigenvalue weighted by Gasteiger charge is 2.33. The molecule has 1 aliphatic heterocycles. The normalized spacial score (nSPS) is 27.0. The first kappa shape index (κ1) is 14.7.